The molecule has 0 radical (unpaired) electrons. The molecule has 1 aliphatic heterocycles. The lowest BCUT2D eigenvalue weighted by atomic mass is 10.2. The number of carbonyl (C=O) groups excluding carboxylic acids is 1. The van der Waals surface area contributed by atoms with Crippen molar-refractivity contribution in [3.63, 3.8) is 0 Å². The molecule has 0 bridgehead atoms. The first-order valence-corrected chi connectivity index (χ1v) is 10.1. The molecule has 26 heavy (non-hydrogen) atoms. The van der Waals surface area contributed by atoms with Gasteiger partial charge in [-0.2, -0.15) is 0 Å². The van der Waals surface area contributed by atoms with Gasteiger partial charge in [-0.1, -0.05) is 12.1 Å². The van der Waals surface area contributed by atoms with E-state index in [1.54, 1.807) is 22.9 Å². The molecule has 6 nitrogen and oxygen atoms in total. The Hall–Kier alpha value is -2.29. The lowest BCUT2D eigenvalue weighted by molar-refractivity contribution is 0.0946. The summed E-state index contributed by atoms with van der Waals surface area (Å²) in [6.45, 7) is 3.45. The van der Waals surface area contributed by atoms with Crippen molar-refractivity contribution in [1.29, 1.82) is 0 Å². The molecule has 0 aromatic carbocycles. The zero-order valence-electron chi connectivity index (χ0n) is 14.1. The lowest BCUT2D eigenvalue weighted by Crippen LogP contribution is -2.37. The standard InChI is InChI=1S/C18H18N4O2S2/c23-17(14-12-26-18(21-14)15-4-2-10-25-15)20-11-13-3-1-5-19-16(13)22-6-8-24-9-7-22/h1-5,10,12H,6-9,11H2,(H,20,23). The molecule has 1 N–H and O–H groups in total. The molecule has 1 saturated heterocycles. The molecule has 0 unspecified atom stereocenters. The summed E-state index contributed by atoms with van der Waals surface area (Å²) in [6, 6.07) is 7.88. The monoisotopic (exact) mass is 386 g/mol. The van der Waals surface area contributed by atoms with E-state index in [4.69, 9.17) is 4.74 Å². The molecule has 1 aliphatic rings. The largest absolute Gasteiger partial charge is 0.378 e. The highest BCUT2D eigenvalue weighted by molar-refractivity contribution is 7.20. The Kier molecular flexibility index (Phi) is 5.24. The van der Waals surface area contributed by atoms with Gasteiger partial charge in [0.1, 0.15) is 16.5 Å². The van der Waals surface area contributed by atoms with Gasteiger partial charge in [-0.3, -0.25) is 4.79 Å². The topological polar surface area (TPSA) is 67.4 Å². The van der Waals surface area contributed by atoms with Crippen LogP contribution >= 0.6 is 22.7 Å². The summed E-state index contributed by atoms with van der Waals surface area (Å²) in [7, 11) is 0. The number of rotatable bonds is 5. The van der Waals surface area contributed by atoms with E-state index in [0.29, 0.717) is 25.5 Å². The van der Waals surface area contributed by atoms with Crippen molar-refractivity contribution in [3.05, 3.63) is 52.5 Å². The molecule has 0 atom stereocenters. The Morgan fingerprint density at radius 1 is 1.23 bits per heavy atom. The molecule has 4 rings (SSSR count). The van der Waals surface area contributed by atoms with Gasteiger partial charge >= 0.3 is 0 Å². The predicted octanol–water partition coefficient (Wildman–Crippen LogP) is 3.03. The van der Waals surface area contributed by atoms with Crippen LogP contribution < -0.4 is 10.2 Å². The fourth-order valence-electron chi connectivity index (χ4n) is 2.79. The zero-order valence-corrected chi connectivity index (χ0v) is 15.7. The molecule has 4 heterocycles. The molecular weight excluding hydrogens is 368 g/mol. The van der Waals surface area contributed by atoms with Crippen molar-refractivity contribution in [3.8, 4) is 9.88 Å². The first-order chi connectivity index (χ1) is 12.8. The smallest absolute Gasteiger partial charge is 0.271 e. The van der Waals surface area contributed by atoms with E-state index in [0.717, 1.165) is 34.4 Å². The van der Waals surface area contributed by atoms with Crippen molar-refractivity contribution in [2.45, 2.75) is 6.54 Å². The van der Waals surface area contributed by atoms with Crippen LogP contribution in [0, 0.1) is 0 Å². The summed E-state index contributed by atoms with van der Waals surface area (Å²) in [6.07, 6.45) is 1.78. The number of hydrogen-bond acceptors (Lipinski definition) is 7. The molecule has 3 aromatic heterocycles. The second-order valence-corrected chi connectivity index (χ2v) is 7.59. The first-order valence-electron chi connectivity index (χ1n) is 8.35. The third-order valence-electron chi connectivity index (χ3n) is 4.09. The van der Waals surface area contributed by atoms with E-state index in [9.17, 15) is 4.79 Å². The number of anilines is 1. The van der Waals surface area contributed by atoms with Gasteiger partial charge in [0.2, 0.25) is 0 Å². The summed E-state index contributed by atoms with van der Waals surface area (Å²) < 4.78 is 5.40. The molecule has 8 heteroatoms. The van der Waals surface area contributed by atoms with Gasteiger partial charge in [0.15, 0.2) is 0 Å². The van der Waals surface area contributed by atoms with Gasteiger partial charge in [0.05, 0.1) is 18.1 Å². The number of ether oxygens (including phenoxy) is 1. The van der Waals surface area contributed by atoms with Gasteiger partial charge in [-0.05, 0) is 17.5 Å². The van der Waals surface area contributed by atoms with Crippen molar-refractivity contribution in [2.75, 3.05) is 31.2 Å². The average Bonchev–Trinajstić information content (AvgIpc) is 3.38. The maximum Gasteiger partial charge on any atom is 0.271 e. The molecular formula is C18H18N4O2S2. The Balaban J connectivity index is 1.43. The summed E-state index contributed by atoms with van der Waals surface area (Å²) in [5.41, 5.74) is 1.45. The second-order valence-electron chi connectivity index (χ2n) is 5.78. The van der Waals surface area contributed by atoms with Crippen LogP contribution in [-0.2, 0) is 11.3 Å². The third-order valence-corrected chi connectivity index (χ3v) is 5.97. The highest BCUT2D eigenvalue weighted by Gasteiger charge is 2.17. The number of aromatic nitrogens is 2. The number of nitrogens with zero attached hydrogens (tertiary/aromatic N) is 3. The second kappa shape index (κ2) is 7.94. The minimum absolute atomic E-state index is 0.166. The highest BCUT2D eigenvalue weighted by Crippen LogP contribution is 2.27. The number of pyridine rings is 1. The minimum atomic E-state index is -0.166. The number of morpholine rings is 1. The third kappa shape index (κ3) is 3.77. The van der Waals surface area contributed by atoms with Crippen LogP contribution in [0.3, 0.4) is 0 Å². The highest BCUT2D eigenvalue weighted by atomic mass is 32.1. The molecule has 0 saturated carbocycles. The fraction of sp³-hybridized carbons (Fsp3) is 0.278. The summed E-state index contributed by atoms with van der Waals surface area (Å²) in [4.78, 5) is 24.7. The Morgan fingerprint density at radius 3 is 2.92 bits per heavy atom. The number of thiophene rings is 1. The number of nitrogens with one attached hydrogen (secondary N) is 1. The van der Waals surface area contributed by atoms with Crippen LogP contribution in [0.15, 0.2) is 41.2 Å². The Morgan fingerprint density at radius 2 is 2.12 bits per heavy atom. The summed E-state index contributed by atoms with van der Waals surface area (Å²) in [5.74, 6) is 0.745. The van der Waals surface area contributed by atoms with Crippen LogP contribution in [-0.4, -0.2) is 42.2 Å². The van der Waals surface area contributed by atoms with Gasteiger partial charge in [0.25, 0.3) is 5.91 Å². The SMILES string of the molecule is O=C(NCc1cccnc1N1CCOCC1)c1csc(-c2cccs2)n1. The van der Waals surface area contributed by atoms with E-state index >= 15 is 0 Å². The van der Waals surface area contributed by atoms with E-state index < -0.39 is 0 Å². The number of carbonyl (C=O) groups is 1. The van der Waals surface area contributed by atoms with Crippen LogP contribution in [0.4, 0.5) is 5.82 Å². The first kappa shape index (κ1) is 17.1. The van der Waals surface area contributed by atoms with E-state index in [2.05, 4.69) is 20.2 Å². The number of hydrogen-bond donors (Lipinski definition) is 1. The van der Waals surface area contributed by atoms with Gasteiger partial charge in [-0.15, -0.1) is 22.7 Å². The van der Waals surface area contributed by atoms with Crippen molar-refractivity contribution in [2.24, 2.45) is 0 Å². The quantitative estimate of drug-likeness (QED) is 0.730. The molecule has 1 fully saturated rings. The van der Waals surface area contributed by atoms with Gasteiger partial charge in [0, 0.05) is 36.8 Å². The minimum Gasteiger partial charge on any atom is -0.378 e. The van der Waals surface area contributed by atoms with Crippen LogP contribution in [0.5, 0.6) is 0 Å². The predicted molar refractivity (Wildman–Crippen MR) is 104 cm³/mol. The lowest BCUT2D eigenvalue weighted by Gasteiger charge is -2.29. The molecule has 134 valence electrons. The summed E-state index contributed by atoms with van der Waals surface area (Å²) >= 11 is 3.11. The Labute approximate surface area is 159 Å². The van der Waals surface area contributed by atoms with Crippen molar-refractivity contribution >= 4 is 34.4 Å². The van der Waals surface area contributed by atoms with Gasteiger partial charge in [-0.25, -0.2) is 9.97 Å². The molecule has 1 amide bonds. The van der Waals surface area contributed by atoms with Gasteiger partial charge < -0.3 is 15.0 Å². The van der Waals surface area contributed by atoms with Crippen LogP contribution in [0.25, 0.3) is 9.88 Å². The molecule has 3 aromatic rings. The average molecular weight is 387 g/mol. The fourth-order valence-corrected chi connectivity index (χ4v) is 4.40. The molecule has 0 spiro atoms. The van der Waals surface area contributed by atoms with Crippen LogP contribution in [0.2, 0.25) is 0 Å². The number of amides is 1. The number of thiazole rings is 1. The maximum atomic E-state index is 12.5. The van der Waals surface area contributed by atoms with E-state index in [-0.39, 0.29) is 5.91 Å². The van der Waals surface area contributed by atoms with E-state index in [1.165, 1.54) is 11.3 Å². The van der Waals surface area contributed by atoms with Crippen LogP contribution in [0.1, 0.15) is 16.1 Å². The normalized spacial score (nSPS) is 14.4. The maximum absolute atomic E-state index is 12.5. The zero-order chi connectivity index (χ0) is 17.8. The van der Waals surface area contributed by atoms with Crippen molar-refractivity contribution < 1.29 is 9.53 Å². The van der Waals surface area contributed by atoms with Crippen molar-refractivity contribution in [1.82, 2.24) is 15.3 Å². The Bertz CT molecular complexity index is 873. The van der Waals surface area contributed by atoms with E-state index in [1.807, 2.05) is 29.6 Å². The molecule has 0 aliphatic carbocycles. The summed E-state index contributed by atoms with van der Waals surface area (Å²) in [5, 5.41) is 7.65.